The van der Waals surface area contributed by atoms with Crippen LogP contribution in [0.5, 0.6) is 11.5 Å². The Morgan fingerprint density at radius 3 is 2.73 bits per heavy atom. The highest BCUT2D eigenvalue weighted by Crippen LogP contribution is 2.42. The summed E-state index contributed by atoms with van der Waals surface area (Å²) < 4.78 is 39.5. The molecule has 172 valence electrons. The largest absolute Gasteiger partial charge is 0.586 e. The molecule has 1 aromatic heterocycles. The summed E-state index contributed by atoms with van der Waals surface area (Å²) in [5.41, 5.74) is 0.131. The van der Waals surface area contributed by atoms with Gasteiger partial charge in [-0.2, -0.15) is 0 Å². The van der Waals surface area contributed by atoms with Gasteiger partial charge in [-0.25, -0.2) is 0 Å². The van der Waals surface area contributed by atoms with Crippen LogP contribution in [0.4, 0.5) is 19.3 Å². The number of halogens is 2. The number of amides is 3. The zero-order chi connectivity index (χ0) is 23.6. The average Bonchev–Trinajstić information content (AvgIpc) is 3.43. The van der Waals surface area contributed by atoms with Crippen molar-refractivity contribution < 1.29 is 42.2 Å². The third-order valence-electron chi connectivity index (χ3n) is 4.28. The van der Waals surface area contributed by atoms with Crippen LogP contribution in [-0.2, 0) is 19.1 Å². The van der Waals surface area contributed by atoms with Crippen LogP contribution in [0.15, 0.2) is 40.6 Å². The Hall–Kier alpha value is -3.45. The molecule has 1 aromatic carbocycles. The molecule has 0 saturated carbocycles. The van der Waals surface area contributed by atoms with Crippen molar-refractivity contribution in [2.75, 3.05) is 18.5 Å². The molecule has 0 unspecified atom stereocenters. The van der Waals surface area contributed by atoms with Crippen LogP contribution >= 0.6 is 23.1 Å². The minimum Gasteiger partial charge on any atom is -0.456 e. The summed E-state index contributed by atoms with van der Waals surface area (Å²) in [4.78, 5) is 50.4. The molecule has 1 saturated heterocycles. The van der Waals surface area contributed by atoms with E-state index in [0.717, 1.165) is 27.6 Å². The van der Waals surface area contributed by atoms with Gasteiger partial charge >= 0.3 is 12.3 Å². The summed E-state index contributed by atoms with van der Waals surface area (Å²) >= 11 is 2.20. The smallest absolute Gasteiger partial charge is 0.456 e. The van der Waals surface area contributed by atoms with Gasteiger partial charge in [0.2, 0.25) is 0 Å². The molecule has 0 bridgehead atoms. The number of carbonyl (C=O) groups excluding carboxylic acids is 4. The molecular weight excluding hydrogens is 482 g/mol. The van der Waals surface area contributed by atoms with Crippen molar-refractivity contribution in [2.45, 2.75) is 12.7 Å². The van der Waals surface area contributed by atoms with E-state index in [4.69, 9.17) is 4.74 Å². The predicted molar refractivity (Wildman–Crippen MR) is 114 cm³/mol. The van der Waals surface area contributed by atoms with Crippen LogP contribution < -0.4 is 14.8 Å². The third-order valence-corrected chi connectivity index (χ3v) is 6.01. The summed E-state index contributed by atoms with van der Waals surface area (Å²) in [5.74, 6) is -2.45. The maximum Gasteiger partial charge on any atom is 0.586 e. The first-order chi connectivity index (χ1) is 15.7. The fourth-order valence-corrected chi connectivity index (χ4v) is 4.43. The summed E-state index contributed by atoms with van der Waals surface area (Å²) in [7, 11) is 0. The minimum absolute atomic E-state index is 0.131. The minimum atomic E-state index is -3.78. The molecule has 0 radical (unpaired) electrons. The zero-order valence-corrected chi connectivity index (χ0v) is 18.2. The number of carbonyl (C=O) groups is 4. The lowest BCUT2D eigenvalue weighted by Gasteiger charge is -2.12. The maximum atomic E-state index is 13.0. The number of hydrogen-bond donors (Lipinski definition) is 1. The number of rotatable bonds is 7. The second-order valence-corrected chi connectivity index (χ2v) is 8.61. The number of anilines is 1. The summed E-state index contributed by atoms with van der Waals surface area (Å²) in [6, 6.07) is 7.27. The maximum absolute atomic E-state index is 13.0. The number of ether oxygens (including phenoxy) is 3. The normalized spacial score (nSPS) is 17.5. The number of thioether (sulfide) groups is 1. The first-order valence-electron chi connectivity index (χ1n) is 9.34. The molecule has 2 aliphatic rings. The first-order valence-corrected chi connectivity index (χ1v) is 11.0. The van der Waals surface area contributed by atoms with E-state index in [1.54, 1.807) is 12.1 Å². The molecule has 1 N–H and O–H groups in total. The van der Waals surface area contributed by atoms with Gasteiger partial charge in [-0.3, -0.25) is 24.1 Å². The molecule has 0 atom stereocenters. The molecule has 33 heavy (non-hydrogen) atoms. The Balaban J connectivity index is 1.23. The highest BCUT2D eigenvalue weighted by molar-refractivity contribution is 8.18. The fourth-order valence-electron chi connectivity index (χ4n) is 2.84. The number of imide groups is 1. The topological polar surface area (TPSA) is 111 Å². The van der Waals surface area contributed by atoms with Gasteiger partial charge in [-0.05, 0) is 41.4 Å². The number of benzene rings is 1. The van der Waals surface area contributed by atoms with E-state index in [1.807, 2.05) is 11.4 Å². The van der Waals surface area contributed by atoms with Crippen molar-refractivity contribution in [2.24, 2.45) is 0 Å². The zero-order valence-electron chi connectivity index (χ0n) is 16.5. The van der Waals surface area contributed by atoms with Crippen LogP contribution in [-0.4, -0.2) is 47.4 Å². The highest BCUT2D eigenvalue weighted by Gasteiger charge is 2.43. The SMILES string of the molecule is O=C(COC(=O)CCN1C(=O)S/C(=C/c2cccs2)C1=O)Nc1ccc2c(c1)OC(F)(F)O2. The Bertz CT molecular complexity index is 1150. The fraction of sp³-hybridized carbons (Fsp3) is 0.200. The summed E-state index contributed by atoms with van der Waals surface area (Å²) in [6.45, 7) is -0.840. The molecule has 13 heteroatoms. The summed E-state index contributed by atoms with van der Waals surface area (Å²) in [6.07, 6.45) is -2.47. The monoisotopic (exact) mass is 496 g/mol. The Morgan fingerprint density at radius 2 is 1.97 bits per heavy atom. The second-order valence-electron chi connectivity index (χ2n) is 6.64. The van der Waals surface area contributed by atoms with Gasteiger partial charge < -0.3 is 19.5 Å². The molecule has 3 amide bonds. The quantitative estimate of drug-likeness (QED) is 0.457. The van der Waals surface area contributed by atoms with E-state index in [-0.39, 0.29) is 35.1 Å². The number of nitrogens with one attached hydrogen (secondary N) is 1. The standard InChI is InChI=1S/C20H14F2N2O7S2/c21-20(22)30-13-4-3-11(8-14(13)31-20)23-16(25)10-29-17(26)5-6-24-18(27)15(33-19(24)28)9-12-2-1-7-32-12/h1-4,7-9H,5-6,10H2,(H,23,25)/b15-9+. The number of hydrogen-bond acceptors (Lipinski definition) is 9. The van der Waals surface area contributed by atoms with Crippen LogP contribution in [0, 0.1) is 0 Å². The van der Waals surface area contributed by atoms with Gasteiger partial charge in [0.05, 0.1) is 11.3 Å². The van der Waals surface area contributed by atoms with Gasteiger partial charge in [0.15, 0.2) is 18.1 Å². The van der Waals surface area contributed by atoms with E-state index in [9.17, 15) is 28.0 Å². The molecule has 0 aliphatic carbocycles. The molecule has 0 spiro atoms. The van der Waals surface area contributed by atoms with Crippen molar-refractivity contribution in [3.05, 3.63) is 45.5 Å². The lowest BCUT2D eigenvalue weighted by Crippen LogP contribution is -2.31. The number of fused-ring (bicyclic) bond motifs is 1. The van der Waals surface area contributed by atoms with Crippen molar-refractivity contribution in [3.63, 3.8) is 0 Å². The van der Waals surface area contributed by atoms with Crippen LogP contribution in [0.25, 0.3) is 6.08 Å². The van der Waals surface area contributed by atoms with Crippen molar-refractivity contribution in [1.29, 1.82) is 0 Å². The van der Waals surface area contributed by atoms with E-state index in [0.29, 0.717) is 0 Å². The molecule has 9 nitrogen and oxygen atoms in total. The van der Waals surface area contributed by atoms with E-state index in [1.165, 1.54) is 23.5 Å². The molecule has 2 aliphatic heterocycles. The second kappa shape index (κ2) is 9.19. The van der Waals surface area contributed by atoms with Crippen LogP contribution in [0.2, 0.25) is 0 Å². The molecular formula is C20H14F2N2O7S2. The Labute approximate surface area is 193 Å². The highest BCUT2D eigenvalue weighted by atomic mass is 32.2. The molecule has 3 heterocycles. The van der Waals surface area contributed by atoms with Crippen LogP contribution in [0.3, 0.4) is 0 Å². The Morgan fingerprint density at radius 1 is 1.18 bits per heavy atom. The van der Waals surface area contributed by atoms with Crippen molar-refractivity contribution in [3.8, 4) is 11.5 Å². The third kappa shape index (κ3) is 5.49. The van der Waals surface area contributed by atoms with Crippen LogP contribution in [0.1, 0.15) is 11.3 Å². The molecule has 2 aromatic rings. The number of esters is 1. The van der Waals surface area contributed by atoms with Gasteiger partial charge in [0.25, 0.3) is 17.1 Å². The first kappa shape index (κ1) is 22.7. The van der Waals surface area contributed by atoms with E-state index >= 15 is 0 Å². The number of thiophene rings is 1. The number of alkyl halides is 2. The van der Waals surface area contributed by atoms with Gasteiger partial charge in [-0.15, -0.1) is 20.1 Å². The van der Waals surface area contributed by atoms with Gasteiger partial charge in [-0.1, -0.05) is 6.07 Å². The predicted octanol–water partition coefficient (Wildman–Crippen LogP) is 3.68. The van der Waals surface area contributed by atoms with E-state index in [2.05, 4.69) is 14.8 Å². The Kier molecular flexibility index (Phi) is 6.33. The molecule has 1 fully saturated rings. The lowest BCUT2D eigenvalue weighted by atomic mass is 10.3. The van der Waals surface area contributed by atoms with Gasteiger partial charge in [0.1, 0.15) is 0 Å². The van der Waals surface area contributed by atoms with Crippen molar-refractivity contribution in [1.82, 2.24) is 4.90 Å². The summed E-state index contributed by atoms with van der Waals surface area (Å²) in [5, 5.41) is 3.71. The average molecular weight is 496 g/mol. The number of nitrogens with zero attached hydrogens (tertiary/aromatic N) is 1. The van der Waals surface area contributed by atoms with Gasteiger partial charge in [0, 0.05) is 23.2 Å². The van der Waals surface area contributed by atoms with E-state index < -0.39 is 35.9 Å². The van der Waals surface area contributed by atoms with Crippen molar-refractivity contribution >= 4 is 57.9 Å². The molecule has 4 rings (SSSR count). The lowest BCUT2D eigenvalue weighted by molar-refractivity contribution is -0.286.